The maximum Gasteiger partial charge on any atom is 0.237 e. The first-order valence-electron chi connectivity index (χ1n) is 10.3. The van der Waals surface area contributed by atoms with Crippen molar-refractivity contribution in [2.75, 3.05) is 45.8 Å². The van der Waals surface area contributed by atoms with E-state index in [1.807, 2.05) is 48.2 Å². The van der Waals surface area contributed by atoms with Crippen LogP contribution in [-0.4, -0.2) is 66.2 Å². The molecule has 0 spiro atoms. The van der Waals surface area contributed by atoms with Crippen molar-refractivity contribution in [2.45, 2.75) is 6.42 Å². The zero-order chi connectivity index (χ0) is 21.4. The van der Waals surface area contributed by atoms with E-state index in [1.54, 1.807) is 6.20 Å². The number of H-pyrrole nitrogens is 1. The zero-order valence-corrected chi connectivity index (χ0v) is 17.6. The Labute approximate surface area is 180 Å². The quantitative estimate of drug-likeness (QED) is 0.661. The second-order valence-corrected chi connectivity index (χ2v) is 8.05. The first-order chi connectivity index (χ1) is 15.1. The second-order valence-electron chi connectivity index (χ2n) is 8.05. The molecule has 1 amide bonds. The number of hydrogen-bond donors (Lipinski definition) is 2. The number of amides is 1. The van der Waals surface area contributed by atoms with Gasteiger partial charge < -0.3 is 29.6 Å². The number of aromatic nitrogens is 2. The number of pyridine rings is 1. The summed E-state index contributed by atoms with van der Waals surface area (Å²) in [4.78, 5) is 24.0. The number of carbonyl (C=O) groups is 1. The molecule has 3 aromatic rings. The molecule has 5 rings (SSSR count). The van der Waals surface area contributed by atoms with Gasteiger partial charge in [-0.25, -0.2) is 4.98 Å². The fraction of sp³-hybridized carbons (Fsp3) is 0.304. The predicted molar refractivity (Wildman–Crippen MR) is 120 cm³/mol. The van der Waals surface area contributed by atoms with Gasteiger partial charge in [0.15, 0.2) is 11.5 Å². The SMILES string of the molecule is CN(C)CC(=O)N1CC=C(c2cc3c(Nc4ccc5c(c4)OCO5)ccnc3[nH]2)CC1. The third-order valence-corrected chi connectivity index (χ3v) is 5.54. The van der Waals surface area contributed by atoms with Crippen molar-refractivity contribution < 1.29 is 14.3 Å². The number of nitrogens with one attached hydrogen (secondary N) is 2. The van der Waals surface area contributed by atoms with E-state index in [0.29, 0.717) is 13.1 Å². The highest BCUT2D eigenvalue weighted by Gasteiger charge is 2.20. The lowest BCUT2D eigenvalue weighted by Gasteiger charge is -2.27. The van der Waals surface area contributed by atoms with Crippen molar-refractivity contribution >= 4 is 33.9 Å². The Balaban J connectivity index is 1.36. The van der Waals surface area contributed by atoms with Gasteiger partial charge in [-0.15, -0.1) is 0 Å². The highest BCUT2D eigenvalue weighted by molar-refractivity contribution is 5.94. The molecule has 0 atom stereocenters. The molecule has 1 aromatic carbocycles. The number of fused-ring (bicyclic) bond motifs is 2. The van der Waals surface area contributed by atoms with Crippen LogP contribution in [0.15, 0.2) is 42.6 Å². The van der Waals surface area contributed by atoms with E-state index in [0.717, 1.165) is 52.6 Å². The normalized spacial score (nSPS) is 15.5. The van der Waals surface area contributed by atoms with Crippen molar-refractivity contribution in [1.82, 2.24) is 19.8 Å². The van der Waals surface area contributed by atoms with Gasteiger partial charge in [0.05, 0.1) is 12.2 Å². The van der Waals surface area contributed by atoms with Crippen LogP contribution >= 0.6 is 0 Å². The van der Waals surface area contributed by atoms with Gasteiger partial charge in [0.25, 0.3) is 0 Å². The van der Waals surface area contributed by atoms with Gasteiger partial charge in [0, 0.05) is 42.1 Å². The summed E-state index contributed by atoms with van der Waals surface area (Å²) in [5.41, 5.74) is 4.97. The van der Waals surface area contributed by atoms with Gasteiger partial charge in [0.1, 0.15) is 5.65 Å². The summed E-state index contributed by atoms with van der Waals surface area (Å²) in [6.07, 6.45) is 4.73. The van der Waals surface area contributed by atoms with E-state index in [-0.39, 0.29) is 12.7 Å². The van der Waals surface area contributed by atoms with Gasteiger partial charge in [0.2, 0.25) is 12.7 Å². The third-order valence-electron chi connectivity index (χ3n) is 5.54. The summed E-state index contributed by atoms with van der Waals surface area (Å²) in [7, 11) is 3.82. The summed E-state index contributed by atoms with van der Waals surface area (Å²) in [6, 6.07) is 9.89. The number of rotatable bonds is 5. The molecular weight excluding hydrogens is 394 g/mol. The lowest BCUT2D eigenvalue weighted by atomic mass is 10.0. The van der Waals surface area contributed by atoms with E-state index in [1.165, 1.54) is 5.57 Å². The van der Waals surface area contributed by atoms with E-state index in [2.05, 4.69) is 27.4 Å². The predicted octanol–water partition coefficient (Wildman–Crippen LogP) is 3.21. The Hall–Kier alpha value is -3.52. The minimum absolute atomic E-state index is 0.161. The number of carbonyl (C=O) groups excluding carboxylic acids is 1. The topological polar surface area (TPSA) is 82.7 Å². The minimum Gasteiger partial charge on any atom is -0.454 e. The van der Waals surface area contributed by atoms with Gasteiger partial charge in [-0.05, 0) is 50.4 Å². The van der Waals surface area contributed by atoms with Crippen molar-refractivity contribution in [3.8, 4) is 11.5 Å². The molecule has 0 radical (unpaired) electrons. The lowest BCUT2D eigenvalue weighted by molar-refractivity contribution is -0.131. The molecule has 0 saturated carbocycles. The second kappa shape index (κ2) is 7.96. The molecule has 0 fully saturated rings. The van der Waals surface area contributed by atoms with Crippen LogP contribution in [0.3, 0.4) is 0 Å². The maximum absolute atomic E-state index is 12.3. The molecule has 8 nitrogen and oxygen atoms in total. The molecule has 0 unspecified atom stereocenters. The summed E-state index contributed by atoms with van der Waals surface area (Å²) < 4.78 is 10.9. The Morgan fingerprint density at radius 3 is 2.90 bits per heavy atom. The number of aromatic amines is 1. The Morgan fingerprint density at radius 1 is 1.23 bits per heavy atom. The van der Waals surface area contributed by atoms with E-state index < -0.39 is 0 Å². The summed E-state index contributed by atoms with van der Waals surface area (Å²) in [6.45, 7) is 2.05. The molecule has 31 heavy (non-hydrogen) atoms. The highest BCUT2D eigenvalue weighted by atomic mass is 16.7. The first kappa shape index (κ1) is 19.4. The van der Waals surface area contributed by atoms with Gasteiger partial charge in [-0.2, -0.15) is 0 Å². The molecular formula is C23H25N5O3. The average Bonchev–Trinajstić information content (AvgIpc) is 3.40. The monoisotopic (exact) mass is 419 g/mol. The molecule has 2 aromatic heterocycles. The van der Waals surface area contributed by atoms with Crippen molar-refractivity contribution in [2.24, 2.45) is 0 Å². The van der Waals surface area contributed by atoms with Crippen molar-refractivity contribution in [1.29, 1.82) is 0 Å². The fourth-order valence-corrected chi connectivity index (χ4v) is 3.95. The van der Waals surface area contributed by atoms with E-state index in [9.17, 15) is 4.79 Å². The maximum atomic E-state index is 12.3. The standard InChI is InChI=1S/C23H25N5O3/c1-27(2)13-22(29)28-9-6-15(7-10-28)19-12-17-18(5-8-24-23(17)26-19)25-16-3-4-20-21(11-16)31-14-30-20/h3-6,8,11-12H,7,9-10,13-14H2,1-2H3,(H2,24,25,26). The van der Waals surface area contributed by atoms with Crippen LogP contribution < -0.4 is 14.8 Å². The van der Waals surface area contributed by atoms with Crippen LogP contribution in [0, 0.1) is 0 Å². The average molecular weight is 419 g/mol. The summed E-state index contributed by atoms with van der Waals surface area (Å²) in [5.74, 6) is 1.66. The Bertz CT molecular complexity index is 1170. The molecule has 2 aliphatic heterocycles. The molecule has 8 heteroatoms. The molecule has 160 valence electrons. The van der Waals surface area contributed by atoms with Crippen molar-refractivity contribution in [3.63, 3.8) is 0 Å². The molecule has 2 N–H and O–H groups in total. The number of ether oxygens (including phenoxy) is 2. The highest BCUT2D eigenvalue weighted by Crippen LogP contribution is 2.36. The van der Waals surface area contributed by atoms with Crippen LogP contribution in [0.5, 0.6) is 11.5 Å². The number of anilines is 2. The van der Waals surface area contributed by atoms with Gasteiger partial charge in [-0.1, -0.05) is 6.08 Å². The number of hydrogen-bond acceptors (Lipinski definition) is 6. The summed E-state index contributed by atoms with van der Waals surface area (Å²) >= 11 is 0. The number of benzene rings is 1. The van der Waals surface area contributed by atoms with Gasteiger partial charge in [-0.3, -0.25) is 4.79 Å². The zero-order valence-electron chi connectivity index (χ0n) is 17.6. The van der Waals surface area contributed by atoms with Crippen LogP contribution in [0.1, 0.15) is 12.1 Å². The molecule has 2 aliphatic rings. The largest absolute Gasteiger partial charge is 0.454 e. The minimum atomic E-state index is 0.161. The first-order valence-corrected chi connectivity index (χ1v) is 10.3. The van der Waals surface area contributed by atoms with Gasteiger partial charge >= 0.3 is 0 Å². The van der Waals surface area contributed by atoms with Crippen LogP contribution in [-0.2, 0) is 4.79 Å². The van der Waals surface area contributed by atoms with E-state index >= 15 is 0 Å². The molecule has 0 bridgehead atoms. The summed E-state index contributed by atoms with van der Waals surface area (Å²) in [5, 5.41) is 4.48. The molecule has 0 aliphatic carbocycles. The molecule has 4 heterocycles. The van der Waals surface area contributed by atoms with Crippen molar-refractivity contribution in [3.05, 3.63) is 48.3 Å². The smallest absolute Gasteiger partial charge is 0.237 e. The van der Waals surface area contributed by atoms with Crippen LogP contribution in [0.4, 0.5) is 11.4 Å². The fourth-order valence-electron chi connectivity index (χ4n) is 3.95. The van der Waals surface area contributed by atoms with Crippen LogP contribution in [0.2, 0.25) is 0 Å². The van der Waals surface area contributed by atoms with E-state index in [4.69, 9.17) is 9.47 Å². The lowest BCUT2D eigenvalue weighted by Crippen LogP contribution is -2.40. The molecule has 0 saturated heterocycles. The Kier molecular flexibility index (Phi) is 4.99. The third kappa shape index (κ3) is 3.94. The number of likely N-dealkylation sites (N-methyl/N-ethyl adjacent to an activating group) is 1. The number of nitrogens with zero attached hydrogens (tertiary/aromatic N) is 3. The van der Waals surface area contributed by atoms with Crippen LogP contribution in [0.25, 0.3) is 16.6 Å². The Morgan fingerprint density at radius 2 is 2.10 bits per heavy atom.